The number of nitrogens with one attached hydrogen (secondary N) is 2. The van der Waals surface area contributed by atoms with Gasteiger partial charge >= 0.3 is 0 Å². The molecule has 0 saturated carbocycles. The maximum absolute atomic E-state index is 11.6. The van der Waals surface area contributed by atoms with Gasteiger partial charge in [0.05, 0.1) is 18.2 Å². The summed E-state index contributed by atoms with van der Waals surface area (Å²) in [6.45, 7) is 3.34. The number of carbonyl (C=O) groups excluding carboxylic acids is 1. The second kappa shape index (κ2) is 8.26. The third-order valence-corrected chi connectivity index (χ3v) is 2.54. The Kier molecular flexibility index (Phi) is 6.52. The highest BCUT2D eigenvalue weighted by atomic mass is 16.1. The van der Waals surface area contributed by atoms with Gasteiger partial charge in [0.2, 0.25) is 5.91 Å². The molecule has 0 heterocycles. The summed E-state index contributed by atoms with van der Waals surface area (Å²) in [5.41, 5.74) is 1.31. The van der Waals surface area contributed by atoms with Crippen molar-refractivity contribution in [1.29, 1.82) is 5.26 Å². The number of hydrogen-bond donors (Lipinski definition) is 2. The molecule has 0 atom stereocenters. The van der Waals surface area contributed by atoms with E-state index in [2.05, 4.69) is 17.6 Å². The van der Waals surface area contributed by atoms with Crippen molar-refractivity contribution in [2.75, 3.05) is 18.4 Å². The summed E-state index contributed by atoms with van der Waals surface area (Å²) in [4.78, 5) is 11.6. The molecular weight excluding hydrogens is 226 g/mol. The number of anilines is 1. The van der Waals surface area contributed by atoms with Crippen LogP contribution in [0.2, 0.25) is 0 Å². The van der Waals surface area contributed by atoms with Crippen LogP contribution in [0.15, 0.2) is 24.3 Å². The largest absolute Gasteiger partial charge is 0.325 e. The van der Waals surface area contributed by atoms with Gasteiger partial charge in [-0.1, -0.05) is 19.8 Å². The molecule has 4 heteroatoms. The molecule has 1 amide bonds. The summed E-state index contributed by atoms with van der Waals surface area (Å²) < 4.78 is 0. The van der Waals surface area contributed by atoms with Gasteiger partial charge in [0.15, 0.2) is 0 Å². The number of amides is 1. The number of nitrogens with zero attached hydrogens (tertiary/aromatic N) is 1. The summed E-state index contributed by atoms with van der Waals surface area (Å²) in [7, 11) is 0. The first-order valence-corrected chi connectivity index (χ1v) is 6.27. The molecule has 4 nitrogen and oxygen atoms in total. The quantitative estimate of drug-likeness (QED) is 0.724. The SMILES string of the molecule is CCCCCNCC(=O)Nc1ccc(C#N)cc1. The van der Waals surface area contributed by atoms with Crippen LogP contribution < -0.4 is 10.6 Å². The zero-order valence-electron chi connectivity index (χ0n) is 10.7. The lowest BCUT2D eigenvalue weighted by Crippen LogP contribution is -2.28. The van der Waals surface area contributed by atoms with Crippen molar-refractivity contribution in [2.24, 2.45) is 0 Å². The minimum atomic E-state index is -0.0591. The topological polar surface area (TPSA) is 64.9 Å². The molecule has 96 valence electrons. The molecule has 0 unspecified atom stereocenters. The van der Waals surface area contributed by atoms with Crippen molar-refractivity contribution in [2.45, 2.75) is 26.2 Å². The molecule has 2 N–H and O–H groups in total. The Bertz CT molecular complexity index is 406. The van der Waals surface area contributed by atoms with Crippen molar-refractivity contribution in [3.05, 3.63) is 29.8 Å². The fourth-order valence-corrected chi connectivity index (χ4v) is 1.54. The molecule has 18 heavy (non-hydrogen) atoms. The lowest BCUT2D eigenvalue weighted by Gasteiger charge is -2.06. The number of hydrogen-bond acceptors (Lipinski definition) is 3. The zero-order chi connectivity index (χ0) is 13.2. The molecule has 1 aromatic carbocycles. The second-order valence-electron chi connectivity index (χ2n) is 4.12. The Balaban J connectivity index is 2.25. The number of unbranched alkanes of at least 4 members (excludes halogenated alkanes) is 2. The molecule has 0 aliphatic carbocycles. The average Bonchev–Trinajstić information content (AvgIpc) is 2.39. The van der Waals surface area contributed by atoms with Crippen molar-refractivity contribution in [1.82, 2.24) is 5.32 Å². The summed E-state index contributed by atoms with van der Waals surface area (Å²) in [6, 6.07) is 8.87. The molecule has 0 aromatic heterocycles. The first kappa shape index (κ1) is 14.2. The van der Waals surface area contributed by atoms with E-state index < -0.39 is 0 Å². The number of rotatable bonds is 7. The minimum Gasteiger partial charge on any atom is -0.325 e. The smallest absolute Gasteiger partial charge is 0.238 e. The van der Waals surface area contributed by atoms with Crippen LogP contribution >= 0.6 is 0 Å². The minimum absolute atomic E-state index is 0.0591. The van der Waals surface area contributed by atoms with E-state index in [4.69, 9.17) is 5.26 Å². The fourth-order valence-electron chi connectivity index (χ4n) is 1.54. The van der Waals surface area contributed by atoms with Crippen molar-refractivity contribution in [3.8, 4) is 6.07 Å². The average molecular weight is 245 g/mol. The molecule has 0 saturated heterocycles. The van der Waals surface area contributed by atoms with Crippen LogP contribution in [0.3, 0.4) is 0 Å². The maximum atomic E-state index is 11.6. The third-order valence-electron chi connectivity index (χ3n) is 2.54. The van der Waals surface area contributed by atoms with Crippen molar-refractivity contribution < 1.29 is 4.79 Å². The van der Waals surface area contributed by atoms with Gasteiger partial charge in [-0.3, -0.25) is 4.79 Å². The van der Waals surface area contributed by atoms with Crippen molar-refractivity contribution in [3.63, 3.8) is 0 Å². The molecule has 1 rings (SSSR count). The van der Waals surface area contributed by atoms with E-state index >= 15 is 0 Å². The highest BCUT2D eigenvalue weighted by Gasteiger charge is 2.01. The Labute approximate surface area is 108 Å². The first-order valence-electron chi connectivity index (χ1n) is 6.27. The molecule has 0 bridgehead atoms. The molecular formula is C14H19N3O. The van der Waals surface area contributed by atoms with Gasteiger partial charge in [0.25, 0.3) is 0 Å². The van der Waals surface area contributed by atoms with Gasteiger partial charge in [0.1, 0.15) is 0 Å². The number of carbonyl (C=O) groups is 1. The maximum Gasteiger partial charge on any atom is 0.238 e. The van der Waals surface area contributed by atoms with Gasteiger partial charge in [-0.25, -0.2) is 0 Å². The fraction of sp³-hybridized carbons (Fsp3) is 0.429. The van der Waals surface area contributed by atoms with Crippen molar-refractivity contribution >= 4 is 11.6 Å². The summed E-state index contributed by atoms with van der Waals surface area (Å²) in [5, 5.41) is 14.5. The molecule has 0 aliphatic heterocycles. The molecule has 0 aliphatic rings. The van der Waals surface area contributed by atoms with E-state index in [-0.39, 0.29) is 5.91 Å². The Morgan fingerprint density at radius 2 is 2.00 bits per heavy atom. The number of benzene rings is 1. The molecule has 0 fully saturated rings. The Morgan fingerprint density at radius 1 is 1.28 bits per heavy atom. The van der Waals surface area contributed by atoms with E-state index in [0.717, 1.165) is 13.0 Å². The van der Waals surface area contributed by atoms with Crippen LogP contribution in [0.4, 0.5) is 5.69 Å². The van der Waals surface area contributed by atoms with Gasteiger partial charge in [-0.2, -0.15) is 5.26 Å². The van der Waals surface area contributed by atoms with Gasteiger partial charge < -0.3 is 10.6 Å². The van der Waals surface area contributed by atoms with Crippen LogP contribution in [0.5, 0.6) is 0 Å². The monoisotopic (exact) mass is 245 g/mol. The standard InChI is InChI=1S/C14H19N3O/c1-2-3-4-9-16-11-14(18)17-13-7-5-12(10-15)6-8-13/h5-8,16H,2-4,9,11H2,1H3,(H,17,18). The van der Waals surface area contributed by atoms with E-state index in [1.807, 2.05) is 6.07 Å². The normalized spacial score (nSPS) is 9.78. The molecule has 1 aromatic rings. The van der Waals surface area contributed by atoms with E-state index in [0.29, 0.717) is 17.8 Å². The Hall–Kier alpha value is -1.86. The van der Waals surface area contributed by atoms with Crippen LogP contribution in [-0.4, -0.2) is 19.0 Å². The zero-order valence-corrected chi connectivity index (χ0v) is 10.7. The van der Waals surface area contributed by atoms with Crippen LogP contribution in [0.25, 0.3) is 0 Å². The highest BCUT2D eigenvalue weighted by Crippen LogP contribution is 2.08. The van der Waals surface area contributed by atoms with Gasteiger partial charge in [-0.05, 0) is 37.2 Å². The summed E-state index contributed by atoms with van der Waals surface area (Å²) in [6.07, 6.45) is 3.46. The van der Waals surface area contributed by atoms with E-state index in [9.17, 15) is 4.79 Å². The lowest BCUT2D eigenvalue weighted by atomic mass is 10.2. The van der Waals surface area contributed by atoms with Crippen LogP contribution in [-0.2, 0) is 4.79 Å². The lowest BCUT2D eigenvalue weighted by molar-refractivity contribution is -0.115. The highest BCUT2D eigenvalue weighted by molar-refractivity contribution is 5.92. The van der Waals surface area contributed by atoms with Gasteiger partial charge in [0, 0.05) is 5.69 Å². The number of nitriles is 1. The van der Waals surface area contributed by atoms with Crippen LogP contribution in [0.1, 0.15) is 31.7 Å². The molecule has 0 spiro atoms. The first-order chi connectivity index (χ1) is 8.76. The van der Waals surface area contributed by atoms with E-state index in [1.54, 1.807) is 24.3 Å². The summed E-state index contributed by atoms with van der Waals surface area (Å²) in [5.74, 6) is -0.0591. The predicted octanol–water partition coefficient (Wildman–Crippen LogP) is 2.28. The Morgan fingerprint density at radius 3 is 2.61 bits per heavy atom. The third kappa shape index (κ3) is 5.46. The second-order valence-corrected chi connectivity index (χ2v) is 4.12. The van der Waals surface area contributed by atoms with E-state index in [1.165, 1.54) is 12.8 Å². The van der Waals surface area contributed by atoms with Crippen LogP contribution in [0, 0.1) is 11.3 Å². The van der Waals surface area contributed by atoms with Gasteiger partial charge in [-0.15, -0.1) is 0 Å². The summed E-state index contributed by atoms with van der Waals surface area (Å²) >= 11 is 0. The predicted molar refractivity (Wildman–Crippen MR) is 72.2 cm³/mol. The molecule has 0 radical (unpaired) electrons.